The average molecular weight is 292 g/mol. The van der Waals surface area contributed by atoms with Crippen LogP contribution >= 0.6 is 35.0 Å². The summed E-state index contributed by atoms with van der Waals surface area (Å²) in [5, 5.41) is 4.12. The molecule has 17 heavy (non-hydrogen) atoms. The van der Waals surface area contributed by atoms with Crippen LogP contribution in [0, 0.1) is 0 Å². The van der Waals surface area contributed by atoms with Gasteiger partial charge in [0.1, 0.15) is 0 Å². The van der Waals surface area contributed by atoms with E-state index in [1.54, 1.807) is 18.2 Å². The Bertz CT molecular complexity index is 415. The van der Waals surface area contributed by atoms with Gasteiger partial charge in [-0.15, -0.1) is 11.8 Å². The molecule has 0 spiro atoms. The SMILES string of the molecule is CC(C)(C)NC(=O)CSc1cc(Cl)ccc1Cl. The lowest BCUT2D eigenvalue weighted by atomic mass is 10.1. The normalized spacial score (nSPS) is 11.4. The van der Waals surface area contributed by atoms with Crippen LogP contribution in [0.15, 0.2) is 23.1 Å². The highest BCUT2D eigenvalue weighted by molar-refractivity contribution is 8.00. The molecule has 0 fully saturated rings. The van der Waals surface area contributed by atoms with Crippen molar-refractivity contribution in [2.45, 2.75) is 31.2 Å². The second-order valence-electron chi connectivity index (χ2n) is 4.66. The molecule has 0 heterocycles. The number of rotatable bonds is 3. The van der Waals surface area contributed by atoms with Crippen LogP contribution in [-0.2, 0) is 4.79 Å². The molecular weight excluding hydrogens is 277 g/mol. The Hall–Kier alpha value is -0.380. The molecule has 1 rings (SSSR count). The first-order valence-electron chi connectivity index (χ1n) is 5.17. The zero-order chi connectivity index (χ0) is 13.1. The summed E-state index contributed by atoms with van der Waals surface area (Å²) < 4.78 is 0. The summed E-state index contributed by atoms with van der Waals surface area (Å²) in [7, 11) is 0. The Morgan fingerprint density at radius 1 is 1.35 bits per heavy atom. The Morgan fingerprint density at radius 3 is 2.59 bits per heavy atom. The van der Waals surface area contributed by atoms with Gasteiger partial charge in [0.2, 0.25) is 5.91 Å². The highest BCUT2D eigenvalue weighted by Crippen LogP contribution is 2.29. The number of carbonyl (C=O) groups is 1. The third-order valence-electron chi connectivity index (χ3n) is 1.77. The van der Waals surface area contributed by atoms with Crippen LogP contribution in [0.5, 0.6) is 0 Å². The molecule has 1 N–H and O–H groups in total. The molecular formula is C12H15Cl2NOS. The molecule has 0 radical (unpaired) electrons. The number of nitrogens with one attached hydrogen (secondary N) is 1. The molecule has 0 aliphatic rings. The fraction of sp³-hybridized carbons (Fsp3) is 0.417. The molecule has 5 heteroatoms. The maximum Gasteiger partial charge on any atom is 0.230 e. The summed E-state index contributed by atoms with van der Waals surface area (Å²) in [4.78, 5) is 12.4. The first kappa shape index (κ1) is 14.7. The van der Waals surface area contributed by atoms with Crippen LogP contribution in [0.1, 0.15) is 20.8 Å². The van der Waals surface area contributed by atoms with E-state index in [0.717, 1.165) is 4.90 Å². The van der Waals surface area contributed by atoms with Crippen LogP contribution in [0.4, 0.5) is 0 Å². The third kappa shape index (κ3) is 5.66. The van der Waals surface area contributed by atoms with E-state index >= 15 is 0 Å². The Morgan fingerprint density at radius 2 is 2.00 bits per heavy atom. The molecule has 94 valence electrons. The molecule has 0 aliphatic heterocycles. The summed E-state index contributed by atoms with van der Waals surface area (Å²) in [6.07, 6.45) is 0. The second kappa shape index (κ2) is 5.98. The smallest absolute Gasteiger partial charge is 0.230 e. The average Bonchev–Trinajstić information content (AvgIpc) is 2.17. The van der Waals surface area contributed by atoms with E-state index in [-0.39, 0.29) is 11.4 Å². The molecule has 0 saturated carbocycles. The monoisotopic (exact) mass is 291 g/mol. The van der Waals surface area contributed by atoms with Gasteiger partial charge < -0.3 is 5.32 Å². The number of thioether (sulfide) groups is 1. The van der Waals surface area contributed by atoms with Crippen molar-refractivity contribution in [1.29, 1.82) is 0 Å². The lowest BCUT2D eigenvalue weighted by molar-refractivity contribution is -0.119. The van der Waals surface area contributed by atoms with Crippen LogP contribution in [-0.4, -0.2) is 17.2 Å². The molecule has 2 nitrogen and oxygen atoms in total. The number of halogens is 2. The van der Waals surface area contributed by atoms with Gasteiger partial charge in [0, 0.05) is 15.5 Å². The zero-order valence-electron chi connectivity index (χ0n) is 10.0. The third-order valence-corrected chi connectivity index (χ3v) is 3.50. The Balaban J connectivity index is 2.56. The Labute approximate surface area is 116 Å². The van der Waals surface area contributed by atoms with Crippen molar-refractivity contribution in [2.75, 3.05) is 5.75 Å². The van der Waals surface area contributed by atoms with E-state index in [1.807, 2.05) is 20.8 Å². The van der Waals surface area contributed by atoms with E-state index in [2.05, 4.69) is 5.32 Å². The zero-order valence-corrected chi connectivity index (χ0v) is 12.3. The lowest BCUT2D eigenvalue weighted by Crippen LogP contribution is -2.41. The lowest BCUT2D eigenvalue weighted by Gasteiger charge is -2.20. The maximum atomic E-state index is 11.6. The molecule has 0 aromatic heterocycles. The van der Waals surface area contributed by atoms with Gasteiger partial charge >= 0.3 is 0 Å². The Kier molecular flexibility index (Phi) is 5.17. The fourth-order valence-corrected chi connectivity index (χ4v) is 2.48. The van der Waals surface area contributed by atoms with Gasteiger partial charge in [0.05, 0.1) is 10.8 Å². The van der Waals surface area contributed by atoms with Gasteiger partial charge in [-0.3, -0.25) is 4.79 Å². The topological polar surface area (TPSA) is 29.1 Å². The van der Waals surface area contributed by atoms with Crippen LogP contribution in [0.25, 0.3) is 0 Å². The fourth-order valence-electron chi connectivity index (χ4n) is 1.19. The van der Waals surface area contributed by atoms with Gasteiger partial charge in [-0.05, 0) is 39.0 Å². The van der Waals surface area contributed by atoms with Gasteiger partial charge in [-0.2, -0.15) is 0 Å². The number of carbonyl (C=O) groups excluding carboxylic acids is 1. The largest absolute Gasteiger partial charge is 0.351 e. The van der Waals surface area contributed by atoms with Crippen molar-refractivity contribution < 1.29 is 4.79 Å². The van der Waals surface area contributed by atoms with E-state index in [0.29, 0.717) is 15.8 Å². The van der Waals surface area contributed by atoms with E-state index in [4.69, 9.17) is 23.2 Å². The van der Waals surface area contributed by atoms with Crippen molar-refractivity contribution in [3.05, 3.63) is 28.2 Å². The molecule has 1 amide bonds. The minimum absolute atomic E-state index is 0.0152. The molecule has 1 aromatic rings. The van der Waals surface area contributed by atoms with E-state index < -0.39 is 0 Å². The summed E-state index contributed by atoms with van der Waals surface area (Å²) in [6.45, 7) is 5.84. The summed E-state index contributed by atoms with van der Waals surface area (Å²) in [5.41, 5.74) is -0.213. The van der Waals surface area contributed by atoms with E-state index in [9.17, 15) is 4.79 Å². The number of amides is 1. The predicted molar refractivity (Wildman–Crippen MR) is 75.1 cm³/mol. The molecule has 0 bridgehead atoms. The van der Waals surface area contributed by atoms with Crippen molar-refractivity contribution in [1.82, 2.24) is 5.32 Å². The number of benzene rings is 1. The number of hydrogen-bond acceptors (Lipinski definition) is 2. The molecule has 0 unspecified atom stereocenters. The standard InChI is InChI=1S/C12H15Cl2NOS/c1-12(2,3)15-11(16)7-17-10-6-8(13)4-5-9(10)14/h4-6H,7H2,1-3H3,(H,15,16). The van der Waals surface area contributed by atoms with Crippen LogP contribution in [0.2, 0.25) is 10.0 Å². The van der Waals surface area contributed by atoms with Crippen molar-refractivity contribution in [3.8, 4) is 0 Å². The van der Waals surface area contributed by atoms with Crippen LogP contribution in [0.3, 0.4) is 0 Å². The summed E-state index contributed by atoms with van der Waals surface area (Å²) in [5.74, 6) is 0.315. The van der Waals surface area contributed by atoms with Gasteiger partial charge in [-0.1, -0.05) is 23.2 Å². The molecule has 1 aromatic carbocycles. The minimum atomic E-state index is -0.213. The van der Waals surface area contributed by atoms with Crippen molar-refractivity contribution in [2.24, 2.45) is 0 Å². The maximum absolute atomic E-state index is 11.6. The summed E-state index contributed by atoms with van der Waals surface area (Å²) in [6, 6.07) is 5.22. The predicted octanol–water partition coefficient (Wildman–Crippen LogP) is 4.00. The molecule has 0 atom stereocenters. The highest BCUT2D eigenvalue weighted by atomic mass is 35.5. The van der Waals surface area contributed by atoms with Gasteiger partial charge in [0.15, 0.2) is 0 Å². The summed E-state index contributed by atoms with van der Waals surface area (Å²) >= 11 is 13.2. The second-order valence-corrected chi connectivity index (χ2v) is 6.52. The molecule has 0 aliphatic carbocycles. The van der Waals surface area contributed by atoms with Crippen molar-refractivity contribution >= 4 is 40.9 Å². The quantitative estimate of drug-likeness (QED) is 0.853. The first-order valence-corrected chi connectivity index (χ1v) is 6.91. The van der Waals surface area contributed by atoms with Gasteiger partial charge in [-0.25, -0.2) is 0 Å². The van der Waals surface area contributed by atoms with Gasteiger partial charge in [0.25, 0.3) is 0 Å². The number of hydrogen-bond donors (Lipinski definition) is 1. The molecule has 0 saturated heterocycles. The first-order chi connectivity index (χ1) is 7.78. The van der Waals surface area contributed by atoms with Crippen molar-refractivity contribution in [3.63, 3.8) is 0 Å². The highest BCUT2D eigenvalue weighted by Gasteiger charge is 2.14. The minimum Gasteiger partial charge on any atom is -0.351 e. The van der Waals surface area contributed by atoms with Crippen LogP contribution < -0.4 is 5.32 Å². The van der Waals surface area contributed by atoms with E-state index in [1.165, 1.54) is 11.8 Å².